The van der Waals surface area contributed by atoms with Crippen LogP contribution in [0.1, 0.15) is 33.6 Å². The summed E-state index contributed by atoms with van der Waals surface area (Å²) in [6.07, 6.45) is 0.513. The SMILES string of the molecule is CCC(C)(C)CNC(=O)N1CCOC(CC(=O)O)C1. The molecule has 0 radical (unpaired) electrons. The Balaban J connectivity index is 2.41. The lowest BCUT2D eigenvalue weighted by Crippen LogP contribution is -2.51. The minimum atomic E-state index is -0.903. The zero-order valence-corrected chi connectivity index (χ0v) is 11.9. The van der Waals surface area contributed by atoms with E-state index in [2.05, 4.69) is 26.1 Å². The van der Waals surface area contributed by atoms with Crippen LogP contribution in [0.2, 0.25) is 0 Å². The van der Waals surface area contributed by atoms with Gasteiger partial charge in [-0.1, -0.05) is 20.8 Å². The van der Waals surface area contributed by atoms with Crippen LogP contribution in [0, 0.1) is 5.41 Å². The van der Waals surface area contributed by atoms with Crippen LogP contribution in [-0.2, 0) is 9.53 Å². The molecule has 1 saturated heterocycles. The van der Waals surface area contributed by atoms with Gasteiger partial charge in [0, 0.05) is 19.6 Å². The second kappa shape index (κ2) is 6.75. The van der Waals surface area contributed by atoms with Crippen molar-refractivity contribution in [1.29, 1.82) is 0 Å². The van der Waals surface area contributed by atoms with E-state index in [0.29, 0.717) is 26.2 Å². The Morgan fingerprint density at radius 2 is 2.16 bits per heavy atom. The van der Waals surface area contributed by atoms with Gasteiger partial charge in [0.25, 0.3) is 0 Å². The van der Waals surface area contributed by atoms with Gasteiger partial charge in [-0.15, -0.1) is 0 Å². The number of carboxylic acids is 1. The van der Waals surface area contributed by atoms with Crippen LogP contribution in [0.25, 0.3) is 0 Å². The number of carboxylic acid groups (broad SMARTS) is 1. The standard InChI is InChI=1S/C13H24N2O4/c1-4-13(2,3)9-14-12(18)15-5-6-19-10(8-15)7-11(16)17/h10H,4-9H2,1-3H3,(H,14,18)(H,16,17). The van der Waals surface area contributed by atoms with Gasteiger partial charge in [0.15, 0.2) is 0 Å². The topological polar surface area (TPSA) is 78.9 Å². The summed E-state index contributed by atoms with van der Waals surface area (Å²) in [5.74, 6) is -0.903. The molecule has 1 aliphatic heterocycles. The van der Waals surface area contributed by atoms with Crippen LogP contribution in [0.15, 0.2) is 0 Å². The Labute approximate surface area is 114 Å². The van der Waals surface area contributed by atoms with Crippen molar-refractivity contribution in [1.82, 2.24) is 10.2 Å². The maximum absolute atomic E-state index is 12.0. The number of amides is 2. The molecule has 2 amide bonds. The average Bonchev–Trinajstić information content (AvgIpc) is 2.35. The molecular formula is C13H24N2O4. The van der Waals surface area contributed by atoms with E-state index in [1.54, 1.807) is 4.90 Å². The lowest BCUT2D eigenvalue weighted by atomic mass is 9.90. The molecule has 0 aliphatic carbocycles. The van der Waals surface area contributed by atoms with Gasteiger partial charge >= 0.3 is 12.0 Å². The lowest BCUT2D eigenvalue weighted by Gasteiger charge is -2.33. The molecular weight excluding hydrogens is 248 g/mol. The number of nitrogens with zero attached hydrogens (tertiary/aromatic N) is 1. The van der Waals surface area contributed by atoms with Crippen LogP contribution in [-0.4, -0.2) is 54.4 Å². The quantitative estimate of drug-likeness (QED) is 0.791. The summed E-state index contributed by atoms with van der Waals surface area (Å²) in [6, 6.07) is -0.139. The molecule has 1 heterocycles. The lowest BCUT2D eigenvalue weighted by molar-refractivity contribution is -0.141. The number of carbonyl (C=O) groups is 2. The minimum Gasteiger partial charge on any atom is -0.481 e. The van der Waals surface area contributed by atoms with Crippen molar-refractivity contribution in [3.63, 3.8) is 0 Å². The molecule has 0 spiro atoms. The maximum atomic E-state index is 12.0. The Kier molecular flexibility index (Phi) is 5.60. The highest BCUT2D eigenvalue weighted by molar-refractivity contribution is 5.74. The van der Waals surface area contributed by atoms with E-state index >= 15 is 0 Å². The van der Waals surface area contributed by atoms with E-state index in [4.69, 9.17) is 9.84 Å². The fourth-order valence-electron chi connectivity index (χ4n) is 1.77. The van der Waals surface area contributed by atoms with E-state index < -0.39 is 12.1 Å². The number of hydrogen-bond donors (Lipinski definition) is 2. The largest absolute Gasteiger partial charge is 0.481 e. The number of nitrogens with one attached hydrogen (secondary N) is 1. The third-order valence-corrected chi connectivity index (χ3v) is 3.50. The van der Waals surface area contributed by atoms with E-state index in [1.807, 2.05) is 0 Å². The summed E-state index contributed by atoms with van der Waals surface area (Å²) in [7, 11) is 0. The summed E-state index contributed by atoms with van der Waals surface area (Å²) in [4.78, 5) is 24.3. The molecule has 0 aromatic rings. The predicted octanol–water partition coefficient (Wildman–Crippen LogP) is 1.31. The number of aliphatic carboxylic acids is 1. The molecule has 6 heteroatoms. The summed E-state index contributed by atoms with van der Waals surface area (Å²) in [6.45, 7) is 8.13. The molecule has 1 rings (SSSR count). The molecule has 0 saturated carbocycles. The van der Waals surface area contributed by atoms with Gasteiger partial charge in [-0.25, -0.2) is 4.79 Å². The van der Waals surface area contributed by atoms with Gasteiger partial charge in [0.05, 0.1) is 19.1 Å². The highest BCUT2D eigenvalue weighted by atomic mass is 16.5. The third kappa shape index (κ3) is 5.46. The number of hydrogen-bond acceptors (Lipinski definition) is 3. The third-order valence-electron chi connectivity index (χ3n) is 3.50. The molecule has 110 valence electrons. The molecule has 0 aromatic carbocycles. The highest BCUT2D eigenvalue weighted by Gasteiger charge is 2.26. The number of urea groups is 1. The molecule has 0 aromatic heterocycles. The van der Waals surface area contributed by atoms with Crippen LogP contribution >= 0.6 is 0 Å². The average molecular weight is 272 g/mol. The fraction of sp³-hybridized carbons (Fsp3) is 0.846. The Morgan fingerprint density at radius 1 is 1.47 bits per heavy atom. The van der Waals surface area contributed by atoms with Crippen LogP contribution in [0.5, 0.6) is 0 Å². The normalized spacial score (nSPS) is 20.2. The van der Waals surface area contributed by atoms with Gasteiger partial charge in [0.1, 0.15) is 0 Å². The first-order valence-electron chi connectivity index (χ1n) is 6.70. The summed E-state index contributed by atoms with van der Waals surface area (Å²) < 4.78 is 5.33. The molecule has 1 aliphatic rings. The molecule has 1 atom stereocenters. The van der Waals surface area contributed by atoms with E-state index in [-0.39, 0.29) is 17.9 Å². The number of ether oxygens (including phenoxy) is 1. The smallest absolute Gasteiger partial charge is 0.317 e. The molecule has 19 heavy (non-hydrogen) atoms. The first-order valence-corrected chi connectivity index (χ1v) is 6.70. The second-order valence-corrected chi connectivity index (χ2v) is 5.71. The van der Waals surface area contributed by atoms with Crippen LogP contribution in [0.3, 0.4) is 0 Å². The van der Waals surface area contributed by atoms with Crippen molar-refractivity contribution in [3.8, 4) is 0 Å². The molecule has 1 fully saturated rings. The molecule has 2 N–H and O–H groups in total. The molecule has 6 nitrogen and oxygen atoms in total. The minimum absolute atomic E-state index is 0.0652. The fourth-order valence-corrected chi connectivity index (χ4v) is 1.77. The zero-order chi connectivity index (χ0) is 14.5. The van der Waals surface area contributed by atoms with Crippen molar-refractivity contribution in [2.75, 3.05) is 26.2 Å². The predicted molar refractivity (Wildman–Crippen MR) is 71.0 cm³/mol. The van der Waals surface area contributed by atoms with Gasteiger partial charge in [-0.3, -0.25) is 4.79 Å². The first kappa shape index (κ1) is 15.8. The summed E-state index contributed by atoms with van der Waals surface area (Å²) in [5.41, 5.74) is 0.0718. The van der Waals surface area contributed by atoms with E-state index in [1.165, 1.54) is 0 Å². The number of rotatable bonds is 5. The number of morpholine rings is 1. The number of carbonyl (C=O) groups excluding carboxylic acids is 1. The summed E-state index contributed by atoms with van der Waals surface area (Å²) in [5, 5.41) is 11.6. The van der Waals surface area contributed by atoms with Gasteiger partial charge in [0.2, 0.25) is 0 Å². The molecule has 1 unspecified atom stereocenters. The van der Waals surface area contributed by atoms with Crippen molar-refractivity contribution in [3.05, 3.63) is 0 Å². The zero-order valence-electron chi connectivity index (χ0n) is 11.9. The van der Waals surface area contributed by atoms with Gasteiger partial charge in [-0.2, -0.15) is 0 Å². The van der Waals surface area contributed by atoms with E-state index in [9.17, 15) is 9.59 Å². The highest BCUT2D eigenvalue weighted by Crippen LogP contribution is 2.18. The van der Waals surface area contributed by atoms with Gasteiger partial charge < -0.3 is 20.1 Å². The second-order valence-electron chi connectivity index (χ2n) is 5.71. The van der Waals surface area contributed by atoms with Crippen molar-refractivity contribution < 1.29 is 19.4 Å². The Morgan fingerprint density at radius 3 is 2.74 bits per heavy atom. The Bertz CT molecular complexity index is 331. The van der Waals surface area contributed by atoms with Gasteiger partial charge in [-0.05, 0) is 11.8 Å². The van der Waals surface area contributed by atoms with Crippen LogP contribution in [0.4, 0.5) is 4.79 Å². The van der Waals surface area contributed by atoms with Crippen LogP contribution < -0.4 is 5.32 Å². The Hall–Kier alpha value is -1.30. The molecule has 0 bridgehead atoms. The first-order chi connectivity index (χ1) is 8.84. The van der Waals surface area contributed by atoms with Crippen molar-refractivity contribution >= 4 is 12.0 Å². The monoisotopic (exact) mass is 272 g/mol. The van der Waals surface area contributed by atoms with Crippen molar-refractivity contribution in [2.45, 2.75) is 39.7 Å². The van der Waals surface area contributed by atoms with Crippen molar-refractivity contribution in [2.24, 2.45) is 5.41 Å². The summed E-state index contributed by atoms with van der Waals surface area (Å²) >= 11 is 0. The van der Waals surface area contributed by atoms with E-state index in [0.717, 1.165) is 6.42 Å². The maximum Gasteiger partial charge on any atom is 0.317 e.